The van der Waals surface area contributed by atoms with Crippen LogP contribution in [-0.2, 0) is 9.84 Å². The van der Waals surface area contributed by atoms with Crippen molar-refractivity contribution in [2.75, 3.05) is 12.0 Å². The maximum Gasteiger partial charge on any atom is 0.176 e. The Kier molecular flexibility index (Phi) is 4.12. The SMILES string of the molecule is CC.CS(=O)(=O)c1cccc2c(N)cccc12. The zero-order valence-electron chi connectivity index (χ0n) is 10.3. The number of nitrogen functional groups attached to an aromatic ring is 1. The van der Waals surface area contributed by atoms with Gasteiger partial charge in [0, 0.05) is 22.7 Å². The van der Waals surface area contributed by atoms with Crippen LogP contribution in [0.2, 0.25) is 0 Å². The largest absolute Gasteiger partial charge is 0.398 e. The highest BCUT2D eigenvalue weighted by Crippen LogP contribution is 2.26. The van der Waals surface area contributed by atoms with Gasteiger partial charge in [-0.05, 0) is 12.1 Å². The van der Waals surface area contributed by atoms with Crippen molar-refractivity contribution in [1.82, 2.24) is 0 Å². The molecule has 0 amide bonds. The minimum Gasteiger partial charge on any atom is -0.398 e. The first-order valence-corrected chi connectivity index (χ1v) is 7.36. The lowest BCUT2D eigenvalue weighted by Crippen LogP contribution is -1.98. The Hall–Kier alpha value is -1.55. The monoisotopic (exact) mass is 251 g/mol. The molecule has 92 valence electrons. The van der Waals surface area contributed by atoms with Crippen LogP contribution < -0.4 is 5.73 Å². The van der Waals surface area contributed by atoms with Crippen molar-refractivity contribution in [3.05, 3.63) is 36.4 Å². The molecule has 0 spiro atoms. The normalized spacial score (nSPS) is 10.8. The zero-order chi connectivity index (χ0) is 13.1. The van der Waals surface area contributed by atoms with Crippen molar-refractivity contribution in [3.8, 4) is 0 Å². The van der Waals surface area contributed by atoms with E-state index in [1.54, 1.807) is 30.3 Å². The van der Waals surface area contributed by atoms with E-state index in [0.29, 0.717) is 16.0 Å². The number of benzene rings is 2. The van der Waals surface area contributed by atoms with Crippen LogP contribution in [0.5, 0.6) is 0 Å². The van der Waals surface area contributed by atoms with Gasteiger partial charge >= 0.3 is 0 Å². The third-order valence-corrected chi connectivity index (χ3v) is 3.47. The van der Waals surface area contributed by atoms with Gasteiger partial charge in [-0.2, -0.15) is 0 Å². The smallest absolute Gasteiger partial charge is 0.176 e. The minimum atomic E-state index is -3.20. The van der Waals surface area contributed by atoms with Crippen LogP contribution in [0.3, 0.4) is 0 Å². The molecule has 17 heavy (non-hydrogen) atoms. The zero-order valence-corrected chi connectivity index (χ0v) is 11.1. The molecule has 0 unspecified atom stereocenters. The Labute approximate surface area is 102 Å². The second kappa shape index (κ2) is 5.19. The fourth-order valence-electron chi connectivity index (χ4n) is 1.63. The number of hydrogen-bond acceptors (Lipinski definition) is 3. The highest BCUT2D eigenvalue weighted by Gasteiger charge is 2.11. The van der Waals surface area contributed by atoms with Crippen molar-refractivity contribution < 1.29 is 8.42 Å². The number of anilines is 1. The summed E-state index contributed by atoms with van der Waals surface area (Å²) in [6.45, 7) is 4.00. The number of fused-ring (bicyclic) bond motifs is 1. The Bertz CT molecular complexity index is 618. The third kappa shape index (κ3) is 2.77. The summed E-state index contributed by atoms with van der Waals surface area (Å²) in [7, 11) is -3.20. The first-order valence-electron chi connectivity index (χ1n) is 5.47. The molecule has 0 aliphatic heterocycles. The predicted molar refractivity (Wildman–Crippen MR) is 72.8 cm³/mol. The van der Waals surface area contributed by atoms with E-state index in [9.17, 15) is 8.42 Å². The molecule has 0 saturated carbocycles. The molecule has 0 aliphatic carbocycles. The molecule has 2 aromatic rings. The van der Waals surface area contributed by atoms with Crippen molar-refractivity contribution in [1.29, 1.82) is 0 Å². The average molecular weight is 251 g/mol. The summed E-state index contributed by atoms with van der Waals surface area (Å²) in [4.78, 5) is 0.326. The van der Waals surface area contributed by atoms with Crippen molar-refractivity contribution in [2.24, 2.45) is 0 Å². The van der Waals surface area contributed by atoms with Crippen molar-refractivity contribution >= 4 is 26.3 Å². The Morgan fingerprint density at radius 2 is 1.47 bits per heavy atom. The van der Waals surface area contributed by atoms with Gasteiger partial charge in [0.1, 0.15) is 0 Å². The van der Waals surface area contributed by atoms with E-state index in [4.69, 9.17) is 5.73 Å². The Balaban J connectivity index is 0.000000686. The highest BCUT2D eigenvalue weighted by atomic mass is 32.2. The summed E-state index contributed by atoms with van der Waals surface area (Å²) in [5.41, 5.74) is 6.37. The van der Waals surface area contributed by atoms with Crippen LogP contribution >= 0.6 is 0 Å². The van der Waals surface area contributed by atoms with E-state index in [2.05, 4.69) is 0 Å². The first kappa shape index (κ1) is 13.5. The van der Waals surface area contributed by atoms with Crippen LogP contribution in [-0.4, -0.2) is 14.7 Å². The average Bonchev–Trinajstić information content (AvgIpc) is 2.30. The summed E-state index contributed by atoms with van der Waals surface area (Å²) in [5, 5.41) is 1.46. The van der Waals surface area contributed by atoms with Gasteiger partial charge in [-0.3, -0.25) is 0 Å². The molecule has 0 bridgehead atoms. The molecule has 0 aliphatic rings. The summed E-state index contributed by atoms with van der Waals surface area (Å²) < 4.78 is 23.0. The summed E-state index contributed by atoms with van der Waals surface area (Å²) in [6.07, 6.45) is 1.20. The lowest BCUT2D eigenvalue weighted by atomic mass is 10.1. The number of sulfone groups is 1. The van der Waals surface area contributed by atoms with Crippen molar-refractivity contribution in [2.45, 2.75) is 18.7 Å². The van der Waals surface area contributed by atoms with Crippen LogP contribution in [0.25, 0.3) is 10.8 Å². The molecule has 0 fully saturated rings. The molecule has 2 aromatic carbocycles. The summed E-state index contributed by atoms with van der Waals surface area (Å²) >= 11 is 0. The molecule has 2 rings (SSSR count). The lowest BCUT2D eigenvalue weighted by molar-refractivity contribution is 0.602. The van der Waals surface area contributed by atoms with Gasteiger partial charge in [0.25, 0.3) is 0 Å². The number of nitrogens with two attached hydrogens (primary N) is 1. The molecule has 0 saturated heterocycles. The van der Waals surface area contributed by atoms with E-state index in [1.807, 2.05) is 19.9 Å². The molecule has 0 radical (unpaired) electrons. The molecule has 0 atom stereocenters. The number of rotatable bonds is 1. The van der Waals surface area contributed by atoms with E-state index >= 15 is 0 Å². The first-order chi connectivity index (χ1) is 8.00. The van der Waals surface area contributed by atoms with Crippen LogP contribution in [0.4, 0.5) is 5.69 Å². The third-order valence-electron chi connectivity index (χ3n) is 2.32. The Morgan fingerprint density at radius 3 is 2.06 bits per heavy atom. The standard InChI is InChI=1S/C11H11NO2S.C2H6/c1-15(13,14)11-7-3-4-8-9(11)5-2-6-10(8)12;1-2/h2-7H,12H2,1H3;1-2H3. The van der Waals surface area contributed by atoms with Gasteiger partial charge in [-0.1, -0.05) is 38.1 Å². The number of hydrogen-bond donors (Lipinski definition) is 1. The van der Waals surface area contributed by atoms with Crippen LogP contribution in [0.1, 0.15) is 13.8 Å². The Morgan fingerprint density at radius 1 is 0.941 bits per heavy atom. The van der Waals surface area contributed by atoms with Gasteiger partial charge < -0.3 is 5.73 Å². The molecular formula is C13H17NO2S. The van der Waals surface area contributed by atoms with E-state index < -0.39 is 9.84 Å². The second-order valence-electron chi connectivity index (χ2n) is 3.47. The van der Waals surface area contributed by atoms with Gasteiger partial charge in [0.05, 0.1) is 4.90 Å². The molecule has 0 heterocycles. The minimum absolute atomic E-state index is 0.326. The van der Waals surface area contributed by atoms with Crippen molar-refractivity contribution in [3.63, 3.8) is 0 Å². The molecule has 2 N–H and O–H groups in total. The second-order valence-corrected chi connectivity index (χ2v) is 5.45. The maximum atomic E-state index is 11.5. The quantitative estimate of drug-likeness (QED) is 0.793. The molecule has 4 heteroatoms. The van der Waals surface area contributed by atoms with Crippen LogP contribution in [0, 0.1) is 0 Å². The van der Waals surface area contributed by atoms with Gasteiger partial charge in [-0.25, -0.2) is 8.42 Å². The topological polar surface area (TPSA) is 60.2 Å². The van der Waals surface area contributed by atoms with Gasteiger partial charge in [0.15, 0.2) is 9.84 Å². The summed E-state index contributed by atoms with van der Waals surface area (Å²) in [5.74, 6) is 0. The highest BCUT2D eigenvalue weighted by molar-refractivity contribution is 7.91. The van der Waals surface area contributed by atoms with Gasteiger partial charge in [-0.15, -0.1) is 0 Å². The fraction of sp³-hybridized carbons (Fsp3) is 0.231. The maximum absolute atomic E-state index is 11.5. The fourth-order valence-corrected chi connectivity index (χ4v) is 2.53. The lowest BCUT2D eigenvalue weighted by Gasteiger charge is -2.06. The van der Waals surface area contributed by atoms with E-state index in [0.717, 1.165) is 5.39 Å². The molecule has 0 aromatic heterocycles. The molecule has 3 nitrogen and oxygen atoms in total. The molecular weight excluding hydrogens is 234 g/mol. The van der Waals surface area contributed by atoms with E-state index in [-0.39, 0.29) is 0 Å². The van der Waals surface area contributed by atoms with Gasteiger partial charge in [0.2, 0.25) is 0 Å². The van der Waals surface area contributed by atoms with E-state index in [1.165, 1.54) is 6.26 Å². The summed E-state index contributed by atoms with van der Waals surface area (Å²) in [6, 6.07) is 10.4. The predicted octanol–water partition coefficient (Wildman–Crippen LogP) is 2.85. The van der Waals surface area contributed by atoms with Crippen LogP contribution in [0.15, 0.2) is 41.3 Å².